The van der Waals surface area contributed by atoms with E-state index in [0.717, 1.165) is 24.3 Å². The van der Waals surface area contributed by atoms with Crippen molar-refractivity contribution in [2.75, 3.05) is 7.11 Å². The van der Waals surface area contributed by atoms with Crippen LogP contribution in [-0.2, 0) is 0 Å². The molecule has 0 aliphatic carbocycles. The fourth-order valence-electron chi connectivity index (χ4n) is 2.32. The van der Waals surface area contributed by atoms with Gasteiger partial charge in [0.25, 0.3) is 0 Å². The molecule has 0 saturated carbocycles. The van der Waals surface area contributed by atoms with Crippen molar-refractivity contribution in [1.29, 1.82) is 0 Å². The van der Waals surface area contributed by atoms with Gasteiger partial charge in [0.15, 0.2) is 0 Å². The van der Waals surface area contributed by atoms with Gasteiger partial charge in [0.05, 0.1) is 13.2 Å². The van der Waals surface area contributed by atoms with E-state index in [1.807, 2.05) is 12.1 Å². The van der Waals surface area contributed by atoms with E-state index in [1.165, 1.54) is 12.8 Å². The zero-order chi connectivity index (χ0) is 13.4. The summed E-state index contributed by atoms with van der Waals surface area (Å²) in [5.74, 6) is 7.02. The van der Waals surface area contributed by atoms with Crippen molar-refractivity contribution in [1.82, 2.24) is 10.4 Å². The predicted molar refractivity (Wildman–Crippen MR) is 74.2 cm³/mol. The molecule has 0 aromatic carbocycles. The highest BCUT2D eigenvalue weighted by atomic mass is 16.5. The van der Waals surface area contributed by atoms with Crippen LogP contribution in [0.4, 0.5) is 0 Å². The molecule has 0 fully saturated rings. The van der Waals surface area contributed by atoms with E-state index < -0.39 is 0 Å². The Morgan fingerprint density at radius 3 is 2.78 bits per heavy atom. The monoisotopic (exact) mass is 251 g/mol. The van der Waals surface area contributed by atoms with Gasteiger partial charge < -0.3 is 4.74 Å². The van der Waals surface area contributed by atoms with E-state index in [1.54, 1.807) is 13.3 Å². The van der Waals surface area contributed by atoms with Gasteiger partial charge in [0, 0.05) is 6.20 Å². The Morgan fingerprint density at radius 2 is 2.22 bits per heavy atom. The highest BCUT2D eigenvalue weighted by molar-refractivity contribution is 5.29. The molecule has 0 radical (unpaired) electrons. The minimum absolute atomic E-state index is 0.0534. The summed E-state index contributed by atoms with van der Waals surface area (Å²) in [6.45, 7) is 4.40. The molecule has 1 heterocycles. The molecule has 0 bridgehead atoms. The molecule has 0 amide bonds. The molecule has 1 aromatic heterocycles. The Labute approximate surface area is 110 Å². The van der Waals surface area contributed by atoms with Gasteiger partial charge >= 0.3 is 0 Å². The van der Waals surface area contributed by atoms with E-state index in [-0.39, 0.29) is 6.04 Å². The standard InChI is InChI=1S/C14H25N3O/c1-4-6-8-11(5-2)13(17-15)14-12(18-3)9-7-10-16-14/h7,9-11,13,17H,4-6,8,15H2,1-3H3. The molecule has 1 rings (SSSR count). The summed E-state index contributed by atoms with van der Waals surface area (Å²) in [5, 5.41) is 0. The number of hydrogen-bond donors (Lipinski definition) is 2. The van der Waals surface area contributed by atoms with Crippen LogP contribution < -0.4 is 16.0 Å². The third-order valence-electron chi connectivity index (χ3n) is 3.42. The van der Waals surface area contributed by atoms with Crippen LogP contribution in [0.2, 0.25) is 0 Å². The number of nitrogens with one attached hydrogen (secondary N) is 1. The number of hydrogen-bond acceptors (Lipinski definition) is 4. The predicted octanol–water partition coefficient (Wildman–Crippen LogP) is 2.81. The molecular weight excluding hydrogens is 226 g/mol. The van der Waals surface area contributed by atoms with E-state index in [9.17, 15) is 0 Å². The summed E-state index contributed by atoms with van der Waals surface area (Å²) in [5.41, 5.74) is 3.82. The number of hydrazine groups is 1. The number of methoxy groups -OCH3 is 1. The summed E-state index contributed by atoms with van der Waals surface area (Å²) < 4.78 is 5.37. The molecule has 4 heteroatoms. The smallest absolute Gasteiger partial charge is 0.142 e. The second-order valence-electron chi connectivity index (χ2n) is 4.55. The van der Waals surface area contributed by atoms with Crippen LogP contribution in [0.1, 0.15) is 51.3 Å². The molecular formula is C14H25N3O. The molecule has 0 aliphatic rings. The van der Waals surface area contributed by atoms with Crippen LogP contribution in [0.3, 0.4) is 0 Å². The molecule has 0 spiro atoms. The number of unbranched alkanes of at least 4 members (excludes halogenated alkanes) is 1. The molecule has 18 heavy (non-hydrogen) atoms. The number of ether oxygens (including phenoxy) is 1. The van der Waals surface area contributed by atoms with Gasteiger partial charge in [-0.1, -0.05) is 33.1 Å². The first kappa shape index (κ1) is 14.9. The largest absolute Gasteiger partial charge is 0.495 e. The van der Waals surface area contributed by atoms with Crippen molar-refractivity contribution in [3.8, 4) is 5.75 Å². The maximum Gasteiger partial charge on any atom is 0.142 e. The van der Waals surface area contributed by atoms with E-state index in [0.29, 0.717) is 5.92 Å². The Bertz CT molecular complexity index is 344. The van der Waals surface area contributed by atoms with Gasteiger partial charge in [0.1, 0.15) is 11.4 Å². The first-order valence-electron chi connectivity index (χ1n) is 6.73. The zero-order valence-electron chi connectivity index (χ0n) is 11.6. The van der Waals surface area contributed by atoms with Crippen LogP contribution in [0, 0.1) is 5.92 Å². The number of pyridine rings is 1. The minimum Gasteiger partial charge on any atom is -0.495 e. The third-order valence-corrected chi connectivity index (χ3v) is 3.42. The van der Waals surface area contributed by atoms with Gasteiger partial charge in [0.2, 0.25) is 0 Å². The van der Waals surface area contributed by atoms with Crippen molar-refractivity contribution in [3.63, 3.8) is 0 Å². The van der Waals surface area contributed by atoms with Crippen LogP contribution in [0.15, 0.2) is 18.3 Å². The molecule has 0 saturated heterocycles. The summed E-state index contributed by atoms with van der Waals surface area (Å²) in [7, 11) is 1.67. The Balaban J connectivity index is 2.92. The highest BCUT2D eigenvalue weighted by Crippen LogP contribution is 2.32. The van der Waals surface area contributed by atoms with Gasteiger partial charge in [-0.15, -0.1) is 0 Å². The fourth-order valence-corrected chi connectivity index (χ4v) is 2.32. The van der Waals surface area contributed by atoms with Crippen molar-refractivity contribution in [2.45, 2.75) is 45.6 Å². The van der Waals surface area contributed by atoms with E-state index in [4.69, 9.17) is 10.6 Å². The Hall–Kier alpha value is -1.13. The summed E-state index contributed by atoms with van der Waals surface area (Å²) in [4.78, 5) is 4.43. The van der Waals surface area contributed by atoms with Crippen molar-refractivity contribution in [2.24, 2.45) is 11.8 Å². The highest BCUT2D eigenvalue weighted by Gasteiger charge is 2.24. The van der Waals surface area contributed by atoms with Crippen LogP contribution >= 0.6 is 0 Å². The maximum absolute atomic E-state index is 5.73. The van der Waals surface area contributed by atoms with Crippen LogP contribution in [-0.4, -0.2) is 12.1 Å². The van der Waals surface area contributed by atoms with E-state index in [2.05, 4.69) is 24.3 Å². The lowest BCUT2D eigenvalue weighted by Crippen LogP contribution is -2.34. The summed E-state index contributed by atoms with van der Waals surface area (Å²) in [6, 6.07) is 3.86. The third kappa shape index (κ3) is 3.68. The fraction of sp³-hybridized carbons (Fsp3) is 0.643. The molecule has 1 aromatic rings. The number of rotatable bonds is 8. The van der Waals surface area contributed by atoms with E-state index >= 15 is 0 Å². The molecule has 0 aliphatic heterocycles. The average molecular weight is 251 g/mol. The number of nitrogens with zero attached hydrogens (tertiary/aromatic N) is 1. The quantitative estimate of drug-likeness (QED) is 0.551. The number of nitrogens with two attached hydrogens (primary N) is 1. The maximum atomic E-state index is 5.73. The molecule has 3 N–H and O–H groups in total. The lowest BCUT2D eigenvalue weighted by atomic mass is 9.89. The first-order valence-corrected chi connectivity index (χ1v) is 6.73. The molecule has 4 nitrogen and oxygen atoms in total. The van der Waals surface area contributed by atoms with Crippen molar-refractivity contribution in [3.05, 3.63) is 24.0 Å². The van der Waals surface area contributed by atoms with Gasteiger partial charge in [-0.2, -0.15) is 0 Å². The van der Waals surface area contributed by atoms with Crippen LogP contribution in [0.5, 0.6) is 5.75 Å². The lowest BCUT2D eigenvalue weighted by Gasteiger charge is -2.26. The zero-order valence-corrected chi connectivity index (χ0v) is 11.6. The minimum atomic E-state index is 0.0534. The SMILES string of the molecule is CCCCC(CC)C(NN)c1ncccc1OC. The summed E-state index contributed by atoms with van der Waals surface area (Å²) in [6.07, 6.45) is 6.43. The average Bonchev–Trinajstić information content (AvgIpc) is 2.43. The van der Waals surface area contributed by atoms with Crippen molar-refractivity contribution >= 4 is 0 Å². The topological polar surface area (TPSA) is 60.2 Å². The van der Waals surface area contributed by atoms with Gasteiger partial charge in [-0.25, -0.2) is 0 Å². The molecule has 102 valence electrons. The second kappa shape index (κ2) is 8.06. The summed E-state index contributed by atoms with van der Waals surface area (Å²) >= 11 is 0. The van der Waals surface area contributed by atoms with Gasteiger partial charge in [-0.3, -0.25) is 16.3 Å². The van der Waals surface area contributed by atoms with Crippen molar-refractivity contribution < 1.29 is 4.74 Å². The second-order valence-corrected chi connectivity index (χ2v) is 4.55. The number of aromatic nitrogens is 1. The Kier molecular flexibility index (Phi) is 6.68. The molecule has 2 unspecified atom stereocenters. The Morgan fingerprint density at radius 1 is 1.44 bits per heavy atom. The lowest BCUT2D eigenvalue weighted by molar-refractivity contribution is 0.307. The van der Waals surface area contributed by atoms with Gasteiger partial charge in [-0.05, 0) is 24.5 Å². The van der Waals surface area contributed by atoms with Crippen LogP contribution in [0.25, 0.3) is 0 Å². The first-order chi connectivity index (χ1) is 8.78. The normalized spacial score (nSPS) is 14.2. The molecule has 2 atom stereocenters.